The average Bonchev–Trinajstić information content (AvgIpc) is 2.76. The molecule has 6 heteroatoms. The lowest BCUT2D eigenvalue weighted by molar-refractivity contribution is -0.120. The van der Waals surface area contributed by atoms with Gasteiger partial charge in [-0.05, 0) is 39.3 Å². The molecule has 1 aliphatic heterocycles. The molecule has 0 bridgehead atoms. The van der Waals surface area contributed by atoms with Gasteiger partial charge in [0.2, 0.25) is 5.91 Å². The number of amides is 1. The first-order valence-electron chi connectivity index (χ1n) is 7.60. The Labute approximate surface area is 132 Å². The van der Waals surface area contributed by atoms with Gasteiger partial charge in [0.1, 0.15) is 0 Å². The van der Waals surface area contributed by atoms with Crippen molar-refractivity contribution in [1.29, 1.82) is 0 Å². The number of nitrogens with zero attached hydrogens (tertiary/aromatic N) is 1. The highest BCUT2D eigenvalue weighted by molar-refractivity contribution is 7.91. The van der Waals surface area contributed by atoms with Crippen LogP contribution in [0.4, 0.5) is 5.69 Å². The molecule has 1 atom stereocenters. The Bertz CT molecular complexity index is 623. The molecule has 0 saturated carbocycles. The number of anilines is 1. The van der Waals surface area contributed by atoms with E-state index in [9.17, 15) is 13.2 Å². The molecule has 1 aliphatic rings. The molecule has 0 radical (unpaired) electrons. The van der Waals surface area contributed by atoms with E-state index in [2.05, 4.69) is 5.32 Å². The predicted octanol–water partition coefficient (Wildman–Crippen LogP) is 1.51. The molecule has 122 valence electrons. The minimum absolute atomic E-state index is 0.0605. The van der Waals surface area contributed by atoms with Crippen LogP contribution in [0.3, 0.4) is 0 Å². The Balaban J connectivity index is 1.99. The summed E-state index contributed by atoms with van der Waals surface area (Å²) in [6, 6.07) is 7.98. The maximum absolute atomic E-state index is 12.2. The number of rotatable bonds is 5. The van der Waals surface area contributed by atoms with Gasteiger partial charge in [-0.3, -0.25) is 4.79 Å². The Morgan fingerprint density at radius 2 is 1.95 bits per heavy atom. The molecule has 0 aliphatic carbocycles. The summed E-state index contributed by atoms with van der Waals surface area (Å²) < 4.78 is 22.9. The zero-order valence-corrected chi connectivity index (χ0v) is 14.2. The number of carbonyl (C=O) groups excluding carboxylic acids is 1. The van der Waals surface area contributed by atoms with Gasteiger partial charge in [-0.2, -0.15) is 0 Å². The van der Waals surface area contributed by atoms with Gasteiger partial charge in [0.15, 0.2) is 9.84 Å². The number of carbonyl (C=O) groups is 1. The Morgan fingerprint density at radius 1 is 1.32 bits per heavy atom. The average molecular weight is 324 g/mol. The van der Waals surface area contributed by atoms with E-state index < -0.39 is 9.84 Å². The van der Waals surface area contributed by atoms with Crippen LogP contribution in [0, 0.1) is 6.92 Å². The summed E-state index contributed by atoms with van der Waals surface area (Å²) in [6.07, 6.45) is 0.514. The quantitative estimate of drug-likeness (QED) is 0.892. The molecule has 0 aromatic heterocycles. The second-order valence-electron chi connectivity index (χ2n) is 6.22. The Kier molecular flexibility index (Phi) is 5.11. The lowest BCUT2D eigenvalue weighted by Crippen LogP contribution is -2.44. The Hall–Kier alpha value is -1.56. The first-order valence-corrected chi connectivity index (χ1v) is 9.42. The van der Waals surface area contributed by atoms with Gasteiger partial charge in [-0.1, -0.05) is 17.7 Å². The van der Waals surface area contributed by atoms with Crippen LogP contribution in [0.15, 0.2) is 24.3 Å². The van der Waals surface area contributed by atoms with Gasteiger partial charge in [0, 0.05) is 17.8 Å². The number of hydrogen-bond donors (Lipinski definition) is 1. The molecule has 1 aromatic rings. The van der Waals surface area contributed by atoms with E-state index in [1.165, 1.54) is 5.56 Å². The van der Waals surface area contributed by atoms with E-state index in [0.29, 0.717) is 6.42 Å². The van der Waals surface area contributed by atoms with Gasteiger partial charge in [0.25, 0.3) is 0 Å². The predicted molar refractivity (Wildman–Crippen MR) is 88.9 cm³/mol. The number of hydrogen-bond acceptors (Lipinski definition) is 4. The summed E-state index contributed by atoms with van der Waals surface area (Å²) in [6.45, 7) is 6.33. The molecule has 1 heterocycles. The molecule has 1 fully saturated rings. The van der Waals surface area contributed by atoms with Crippen LogP contribution in [-0.2, 0) is 14.6 Å². The van der Waals surface area contributed by atoms with Crippen molar-refractivity contribution < 1.29 is 13.2 Å². The number of nitrogens with one attached hydrogen (secondary N) is 1. The molecule has 1 N–H and O–H groups in total. The fraction of sp³-hybridized carbons (Fsp3) is 0.562. The van der Waals surface area contributed by atoms with E-state index in [4.69, 9.17) is 0 Å². The summed E-state index contributed by atoms with van der Waals surface area (Å²) in [4.78, 5) is 14.2. The van der Waals surface area contributed by atoms with Crippen molar-refractivity contribution in [3.05, 3.63) is 29.8 Å². The monoisotopic (exact) mass is 324 g/mol. The smallest absolute Gasteiger partial charge is 0.239 e. The SMILES string of the molecule is Cc1ccc(N(CC(=O)NC2CCS(=O)(=O)C2)C(C)C)cc1. The molecule has 1 aromatic carbocycles. The fourth-order valence-electron chi connectivity index (χ4n) is 2.65. The van der Waals surface area contributed by atoms with Crippen molar-refractivity contribution in [2.75, 3.05) is 23.0 Å². The van der Waals surface area contributed by atoms with E-state index in [1.54, 1.807) is 0 Å². The van der Waals surface area contributed by atoms with Crippen molar-refractivity contribution in [1.82, 2.24) is 5.32 Å². The third-order valence-electron chi connectivity index (χ3n) is 3.90. The van der Waals surface area contributed by atoms with E-state index in [1.807, 2.05) is 49.9 Å². The second-order valence-corrected chi connectivity index (χ2v) is 8.45. The highest BCUT2D eigenvalue weighted by atomic mass is 32.2. The van der Waals surface area contributed by atoms with Crippen LogP contribution < -0.4 is 10.2 Å². The molecule has 0 spiro atoms. The second kappa shape index (κ2) is 6.69. The summed E-state index contributed by atoms with van der Waals surface area (Å²) in [5, 5.41) is 2.84. The van der Waals surface area contributed by atoms with E-state index in [-0.39, 0.29) is 36.0 Å². The third-order valence-corrected chi connectivity index (χ3v) is 5.67. The first-order chi connectivity index (χ1) is 10.3. The number of aryl methyl sites for hydroxylation is 1. The summed E-state index contributed by atoms with van der Waals surface area (Å²) >= 11 is 0. The van der Waals surface area contributed by atoms with Gasteiger partial charge < -0.3 is 10.2 Å². The van der Waals surface area contributed by atoms with Crippen LogP contribution in [0.2, 0.25) is 0 Å². The summed E-state index contributed by atoms with van der Waals surface area (Å²) in [5.74, 6) is 0.103. The van der Waals surface area contributed by atoms with Gasteiger partial charge >= 0.3 is 0 Å². The standard InChI is InChI=1S/C16H24N2O3S/c1-12(2)18(15-6-4-13(3)5-7-15)10-16(19)17-14-8-9-22(20,21)11-14/h4-7,12,14H,8-11H2,1-3H3,(H,17,19). The largest absolute Gasteiger partial charge is 0.360 e. The zero-order chi connectivity index (χ0) is 16.3. The first kappa shape index (κ1) is 16.8. The molecule has 1 saturated heterocycles. The maximum Gasteiger partial charge on any atom is 0.239 e. The minimum atomic E-state index is -2.97. The molecular weight excluding hydrogens is 300 g/mol. The Morgan fingerprint density at radius 3 is 2.45 bits per heavy atom. The molecule has 5 nitrogen and oxygen atoms in total. The van der Waals surface area contributed by atoms with Crippen molar-refractivity contribution in [3.63, 3.8) is 0 Å². The highest BCUT2D eigenvalue weighted by Gasteiger charge is 2.29. The van der Waals surface area contributed by atoms with Crippen molar-refractivity contribution >= 4 is 21.4 Å². The molecular formula is C16H24N2O3S. The normalized spacial score (nSPS) is 20.1. The minimum Gasteiger partial charge on any atom is -0.360 e. The van der Waals surface area contributed by atoms with Gasteiger partial charge in [0.05, 0.1) is 18.1 Å². The van der Waals surface area contributed by atoms with Crippen LogP contribution in [0.5, 0.6) is 0 Å². The maximum atomic E-state index is 12.2. The van der Waals surface area contributed by atoms with E-state index in [0.717, 1.165) is 5.69 Å². The third kappa shape index (κ3) is 4.47. The van der Waals surface area contributed by atoms with Gasteiger partial charge in [-0.25, -0.2) is 8.42 Å². The summed E-state index contributed by atoms with van der Waals surface area (Å²) in [5.41, 5.74) is 2.17. The van der Waals surface area contributed by atoms with Crippen LogP contribution in [0.25, 0.3) is 0 Å². The van der Waals surface area contributed by atoms with Crippen LogP contribution in [0.1, 0.15) is 25.8 Å². The highest BCUT2D eigenvalue weighted by Crippen LogP contribution is 2.18. The lowest BCUT2D eigenvalue weighted by Gasteiger charge is -2.29. The zero-order valence-electron chi connectivity index (χ0n) is 13.4. The van der Waals surface area contributed by atoms with Crippen LogP contribution in [-0.4, -0.2) is 44.5 Å². The number of sulfone groups is 1. The van der Waals surface area contributed by atoms with Gasteiger partial charge in [-0.15, -0.1) is 0 Å². The molecule has 1 amide bonds. The molecule has 1 unspecified atom stereocenters. The topological polar surface area (TPSA) is 66.5 Å². The van der Waals surface area contributed by atoms with Crippen molar-refractivity contribution in [2.24, 2.45) is 0 Å². The number of benzene rings is 1. The lowest BCUT2D eigenvalue weighted by atomic mass is 10.2. The molecule has 22 heavy (non-hydrogen) atoms. The summed E-state index contributed by atoms with van der Waals surface area (Å²) in [7, 11) is -2.97. The van der Waals surface area contributed by atoms with Crippen molar-refractivity contribution in [3.8, 4) is 0 Å². The van der Waals surface area contributed by atoms with E-state index >= 15 is 0 Å². The van der Waals surface area contributed by atoms with Crippen LogP contribution >= 0.6 is 0 Å². The van der Waals surface area contributed by atoms with Crippen molar-refractivity contribution in [2.45, 2.75) is 39.3 Å². The molecule has 2 rings (SSSR count). The fourth-order valence-corrected chi connectivity index (χ4v) is 4.32.